The average Bonchev–Trinajstić information content (AvgIpc) is 3.58. The highest BCUT2D eigenvalue weighted by molar-refractivity contribution is 7.71. The van der Waals surface area contributed by atoms with Gasteiger partial charge in [-0.1, -0.05) is 18.2 Å². The number of aliphatic hydroxyl groups excluding tert-OH is 1. The zero-order chi connectivity index (χ0) is 25.4. The van der Waals surface area contributed by atoms with Crippen LogP contribution in [0.25, 0.3) is 27.9 Å². The summed E-state index contributed by atoms with van der Waals surface area (Å²) in [6, 6.07) is 12.7. The van der Waals surface area contributed by atoms with Gasteiger partial charge in [-0.2, -0.15) is 4.98 Å². The van der Waals surface area contributed by atoms with E-state index in [9.17, 15) is 5.11 Å². The van der Waals surface area contributed by atoms with Crippen LogP contribution in [0.3, 0.4) is 0 Å². The molecule has 1 fully saturated rings. The van der Waals surface area contributed by atoms with Gasteiger partial charge in [0.05, 0.1) is 16.6 Å². The number of piperidine rings is 1. The molecule has 5 aromatic rings. The third-order valence-corrected chi connectivity index (χ3v) is 7.60. The minimum atomic E-state index is 0.274. The molecule has 1 aliphatic heterocycles. The Kier molecular flexibility index (Phi) is 6.35. The van der Waals surface area contributed by atoms with Crippen molar-refractivity contribution in [3.63, 3.8) is 0 Å². The topological polar surface area (TPSA) is 99.8 Å². The number of nitrogens with one attached hydrogen (secondary N) is 2. The molecule has 0 unspecified atom stereocenters. The number of aryl methyl sites for hydroxylation is 1. The number of aromatic nitrogens is 6. The first-order valence-electron chi connectivity index (χ1n) is 12.7. The van der Waals surface area contributed by atoms with Crippen LogP contribution < -0.4 is 10.2 Å². The van der Waals surface area contributed by atoms with Crippen LogP contribution in [0, 0.1) is 10.7 Å². The summed E-state index contributed by atoms with van der Waals surface area (Å²) in [7, 11) is 0. The highest BCUT2D eigenvalue weighted by Gasteiger charge is 2.20. The van der Waals surface area contributed by atoms with Crippen molar-refractivity contribution < 1.29 is 5.11 Å². The SMILES string of the molecule is CCn1c(=S)[nH]c2cc3c(NCc4ccccc4N4CCC(CO)CC4)nc(-n4ccnc4)nc3cc21. The molecule has 9 nitrogen and oxygen atoms in total. The maximum atomic E-state index is 9.53. The molecule has 37 heavy (non-hydrogen) atoms. The van der Waals surface area contributed by atoms with Crippen LogP contribution in [0.2, 0.25) is 0 Å². The maximum absolute atomic E-state index is 9.53. The molecule has 0 radical (unpaired) electrons. The Labute approximate surface area is 219 Å². The maximum Gasteiger partial charge on any atom is 0.237 e. The molecule has 1 aliphatic rings. The summed E-state index contributed by atoms with van der Waals surface area (Å²) in [5, 5.41) is 14.1. The first kappa shape index (κ1) is 23.6. The first-order valence-corrected chi connectivity index (χ1v) is 13.2. The molecule has 3 N–H and O–H groups in total. The quantitative estimate of drug-likeness (QED) is 0.272. The number of fused-ring (bicyclic) bond motifs is 2. The van der Waals surface area contributed by atoms with Gasteiger partial charge in [0, 0.05) is 56.3 Å². The number of benzene rings is 2. The lowest BCUT2D eigenvalue weighted by Crippen LogP contribution is -2.35. The van der Waals surface area contributed by atoms with Gasteiger partial charge in [-0.15, -0.1) is 0 Å². The fourth-order valence-electron chi connectivity index (χ4n) is 5.21. The second-order valence-electron chi connectivity index (χ2n) is 9.50. The molecular weight excluding hydrogens is 484 g/mol. The van der Waals surface area contributed by atoms with Crippen LogP contribution in [0.5, 0.6) is 0 Å². The van der Waals surface area contributed by atoms with Crippen molar-refractivity contribution in [1.82, 2.24) is 29.1 Å². The van der Waals surface area contributed by atoms with E-state index in [0.29, 0.717) is 23.2 Å². The molecule has 1 saturated heterocycles. The number of hydrogen-bond donors (Lipinski definition) is 3. The second-order valence-corrected chi connectivity index (χ2v) is 9.89. The van der Waals surface area contributed by atoms with E-state index in [1.807, 2.05) is 10.8 Å². The number of rotatable bonds is 7. The smallest absolute Gasteiger partial charge is 0.237 e. The van der Waals surface area contributed by atoms with E-state index in [2.05, 4.69) is 68.1 Å². The predicted octanol–water partition coefficient (Wildman–Crippen LogP) is 4.67. The monoisotopic (exact) mass is 514 g/mol. The number of anilines is 2. The Bertz CT molecular complexity index is 1600. The molecule has 3 aromatic heterocycles. The normalized spacial score (nSPS) is 14.6. The van der Waals surface area contributed by atoms with Crippen molar-refractivity contribution in [3.05, 3.63) is 65.5 Å². The van der Waals surface area contributed by atoms with Gasteiger partial charge < -0.3 is 24.9 Å². The van der Waals surface area contributed by atoms with Gasteiger partial charge in [0.15, 0.2) is 4.77 Å². The molecule has 4 heterocycles. The highest BCUT2D eigenvalue weighted by atomic mass is 32.1. The van der Waals surface area contributed by atoms with E-state index in [-0.39, 0.29) is 6.61 Å². The molecule has 0 aliphatic carbocycles. The number of nitrogens with zero attached hydrogens (tertiary/aromatic N) is 6. The summed E-state index contributed by atoms with van der Waals surface area (Å²) in [6.07, 6.45) is 7.30. The van der Waals surface area contributed by atoms with Crippen molar-refractivity contribution in [2.45, 2.75) is 32.9 Å². The van der Waals surface area contributed by atoms with Crippen LogP contribution in [0.4, 0.5) is 11.5 Å². The van der Waals surface area contributed by atoms with Crippen LogP contribution in [-0.4, -0.2) is 53.9 Å². The summed E-state index contributed by atoms with van der Waals surface area (Å²) in [4.78, 5) is 19.7. The largest absolute Gasteiger partial charge is 0.396 e. The van der Waals surface area contributed by atoms with Gasteiger partial charge in [-0.3, -0.25) is 4.57 Å². The van der Waals surface area contributed by atoms with Crippen molar-refractivity contribution in [2.24, 2.45) is 5.92 Å². The van der Waals surface area contributed by atoms with Crippen LogP contribution >= 0.6 is 12.2 Å². The van der Waals surface area contributed by atoms with Gasteiger partial charge >= 0.3 is 0 Å². The molecule has 6 rings (SSSR count). The summed E-state index contributed by atoms with van der Waals surface area (Å²) in [5.74, 6) is 1.72. The van der Waals surface area contributed by atoms with E-state index in [1.165, 1.54) is 11.3 Å². The number of aromatic amines is 1. The number of para-hydroxylation sites is 1. The Hall–Kier alpha value is -3.76. The van der Waals surface area contributed by atoms with Crippen LogP contribution in [-0.2, 0) is 13.1 Å². The van der Waals surface area contributed by atoms with E-state index < -0.39 is 0 Å². The molecule has 2 aromatic carbocycles. The van der Waals surface area contributed by atoms with Crippen molar-refractivity contribution in [2.75, 3.05) is 29.9 Å². The van der Waals surface area contributed by atoms with Crippen molar-refractivity contribution >= 4 is 45.7 Å². The minimum Gasteiger partial charge on any atom is -0.396 e. The fourth-order valence-corrected chi connectivity index (χ4v) is 5.55. The lowest BCUT2D eigenvalue weighted by atomic mass is 9.97. The highest BCUT2D eigenvalue weighted by Crippen LogP contribution is 2.30. The summed E-state index contributed by atoms with van der Waals surface area (Å²) < 4.78 is 4.59. The van der Waals surface area contributed by atoms with Crippen molar-refractivity contribution in [1.29, 1.82) is 0 Å². The molecular formula is C27H30N8OS. The minimum absolute atomic E-state index is 0.274. The van der Waals surface area contributed by atoms with E-state index in [4.69, 9.17) is 22.2 Å². The Morgan fingerprint density at radius 3 is 2.76 bits per heavy atom. The molecule has 0 bridgehead atoms. The second kappa shape index (κ2) is 9.95. The number of hydrogen-bond acceptors (Lipinski definition) is 7. The van der Waals surface area contributed by atoms with Crippen LogP contribution in [0.1, 0.15) is 25.3 Å². The molecule has 10 heteroatoms. The predicted molar refractivity (Wildman–Crippen MR) is 149 cm³/mol. The number of H-pyrrole nitrogens is 1. The van der Waals surface area contributed by atoms with Gasteiger partial charge in [0.1, 0.15) is 12.1 Å². The molecule has 0 saturated carbocycles. The lowest BCUT2D eigenvalue weighted by Gasteiger charge is -2.34. The van der Waals surface area contributed by atoms with E-state index in [1.54, 1.807) is 12.5 Å². The van der Waals surface area contributed by atoms with Crippen LogP contribution in [0.15, 0.2) is 55.1 Å². The van der Waals surface area contributed by atoms with Gasteiger partial charge in [-0.05, 0) is 61.7 Å². The third kappa shape index (κ3) is 4.47. The standard InChI is InChI=1S/C27H30N8OS/c1-2-35-24-14-21-20(13-22(24)31-27(35)37)25(32-26(30-21)34-12-9-28-17-34)29-15-19-5-3-4-6-23(19)33-10-7-18(16-36)8-11-33/h3-6,9,12-14,17-18,36H,2,7-8,10-11,15-16H2,1H3,(H,31,37)(H,29,30,32). The Morgan fingerprint density at radius 2 is 2.00 bits per heavy atom. The Morgan fingerprint density at radius 1 is 1.16 bits per heavy atom. The van der Waals surface area contributed by atoms with E-state index >= 15 is 0 Å². The summed E-state index contributed by atoms with van der Waals surface area (Å²) in [6.45, 7) is 5.66. The van der Waals surface area contributed by atoms with Gasteiger partial charge in [-0.25, -0.2) is 9.97 Å². The molecule has 0 atom stereocenters. The average molecular weight is 515 g/mol. The third-order valence-electron chi connectivity index (χ3n) is 7.28. The number of imidazole rings is 2. The first-order chi connectivity index (χ1) is 18.1. The molecule has 190 valence electrons. The fraction of sp³-hybridized carbons (Fsp3) is 0.333. The van der Waals surface area contributed by atoms with E-state index in [0.717, 1.165) is 60.2 Å². The zero-order valence-electron chi connectivity index (χ0n) is 20.8. The Balaban J connectivity index is 1.38. The van der Waals surface area contributed by atoms with Crippen molar-refractivity contribution in [3.8, 4) is 5.95 Å². The van der Waals surface area contributed by atoms with Gasteiger partial charge in [0.2, 0.25) is 5.95 Å². The molecule has 0 spiro atoms. The zero-order valence-corrected chi connectivity index (χ0v) is 21.6. The number of aliphatic hydroxyl groups is 1. The summed E-state index contributed by atoms with van der Waals surface area (Å²) in [5.41, 5.74) is 5.26. The lowest BCUT2D eigenvalue weighted by molar-refractivity contribution is 0.203. The van der Waals surface area contributed by atoms with Gasteiger partial charge in [0.25, 0.3) is 0 Å². The summed E-state index contributed by atoms with van der Waals surface area (Å²) >= 11 is 5.55. The molecule has 0 amide bonds.